The van der Waals surface area contributed by atoms with Crippen LogP contribution in [0.2, 0.25) is 5.02 Å². The third kappa shape index (κ3) is 3.80. The van der Waals surface area contributed by atoms with Gasteiger partial charge in [-0.1, -0.05) is 48.0 Å². The fourth-order valence-corrected chi connectivity index (χ4v) is 7.13. The predicted molar refractivity (Wildman–Crippen MR) is 127 cm³/mol. The molecule has 3 aromatic rings. The van der Waals surface area contributed by atoms with E-state index in [0.29, 0.717) is 17.7 Å². The zero-order valence-corrected chi connectivity index (χ0v) is 19.0. The molecule has 2 nitrogen and oxygen atoms in total. The summed E-state index contributed by atoms with van der Waals surface area (Å²) in [6.45, 7) is 1.13. The average Bonchev–Trinajstić information content (AvgIpc) is 2.78. The van der Waals surface area contributed by atoms with Gasteiger partial charge in [-0.3, -0.25) is 0 Å². The Hall–Kier alpha value is -2.10. The van der Waals surface area contributed by atoms with Gasteiger partial charge in [-0.05, 0) is 84.7 Å². The van der Waals surface area contributed by atoms with E-state index in [2.05, 4.69) is 41.7 Å². The lowest BCUT2D eigenvalue weighted by molar-refractivity contribution is -0.0143. The summed E-state index contributed by atoms with van der Waals surface area (Å²) in [5, 5.41) is 6.83. The van der Waals surface area contributed by atoms with Crippen molar-refractivity contribution in [1.82, 2.24) is 5.32 Å². The minimum atomic E-state index is -0.329. The lowest BCUT2D eigenvalue weighted by atomic mass is 9.54. The van der Waals surface area contributed by atoms with Crippen LogP contribution in [-0.2, 0) is 13.2 Å². The van der Waals surface area contributed by atoms with Gasteiger partial charge in [0.2, 0.25) is 0 Å². The molecule has 4 saturated carbocycles. The molecule has 4 aliphatic carbocycles. The van der Waals surface area contributed by atoms with E-state index in [1.54, 1.807) is 6.07 Å². The maximum absolute atomic E-state index is 13.4. The Morgan fingerprint density at radius 2 is 1.66 bits per heavy atom. The van der Waals surface area contributed by atoms with Crippen molar-refractivity contribution in [1.29, 1.82) is 0 Å². The van der Waals surface area contributed by atoms with E-state index in [1.807, 2.05) is 0 Å². The molecule has 0 unspecified atom stereocenters. The third-order valence-corrected chi connectivity index (χ3v) is 8.49. The van der Waals surface area contributed by atoms with Gasteiger partial charge in [0.25, 0.3) is 0 Å². The van der Waals surface area contributed by atoms with Crippen molar-refractivity contribution in [2.45, 2.75) is 51.3 Å². The minimum Gasteiger partial charge on any atom is -0.488 e. The molecule has 32 heavy (non-hydrogen) atoms. The fraction of sp³-hybridized carbons (Fsp3) is 0.429. The molecule has 0 radical (unpaired) electrons. The summed E-state index contributed by atoms with van der Waals surface area (Å²) in [6, 6.07) is 17.8. The molecule has 4 fully saturated rings. The first kappa shape index (κ1) is 20.5. The van der Waals surface area contributed by atoms with Gasteiger partial charge in [0.15, 0.2) is 0 Å². The summed E-state index contributed by atoms with van der Waals surface area (Å²) < 4.78 is 19.7. The van der Waals surface area contributed by atoms with Crippen molar-refractivity contribution in [3.8, 4) is 5.75 Å². The molecule has 1 N–H and O–H groups in total. The average molecular weight is 450 g/mol. The zero-order valence-electron chi connectivity index (χ0n) is 18.2. The van der Waals surface area contributed by atoms with Crippen LogP contribution in [0.25, 0.3) is 10.8 Å². The second-order valence-electron chi connectivity index (χ2n) is 10.1. The SMILES string of the molecule is Fc1ccc(COc2ccc3ccccc3c2CNC2C3CC4CC(C3)CC2C4)c(Cl)c1. The van der Waals surface area contributed by atoms with E-state index in [-0.39, 0.29) is 5.82 Å². The normalized spacial score (nSPS) is 28.4. The molecule has 0 heterocycles. The molecule has 0 aliphatic heterocycles. The highest BCUT2D eigenvalue weighted by molar-refractivity contribution is 6.31. The summed E-state index contributed by atoms with van der Waals surface area (Å²) in [4.78, 5) is 0. The number of halogens is 2. The van der Waals surface area contributed by atoms with E-state index in [1.165, 1.54) is 60.6 Å². The third-order valence-electron chi connectivity index (χ3n) is 8.14. The standard InChI is InChI=1S/C28H29ClFNO/c29-26-14-23(30)7-5-20(26)16-32-27-8-6-19-3-1-2-4-24(19)25(27)15-31-28-21-10-17-9-18(12-21)13-22(28)11-17/h1-8,14,17-18,21-22,28,31H,9-13,15-16H2. The monoisotopic (exact) mass is 449 g/mol. The molecule has 4 aliphatic rings. The van der Waals surface area contributed by atoms with Crippen LogP contribution in [0.3, 0.4) is 0 Å². The van der Waals surface area contributed by atoms with E-state index in [0.717, 1.165) is 41.5 Å². The summed E-state index contributed by atoms with van der Waals surface area (Å²) in [5.74, 6) is 4.18. The van der Waals surface area contributed by atoms with Crippen molar-refractivity contribution >= 4 is 22.4 Å². The highest BCUT2D eigenvalue weighted by Gasteiger charge is 2.47. The Kier molecular flexibility index (Phi) is 5.35. The predicted octanol–water partition coefficient (Wildman–Crippen LogP) is 7.13. The van der Waals surface area contributed by atoms with Crippen molar-refractivity contribution in [3.05, 3.63) is 76.6 Å². The highest BCUT2D eigenvalue weighted by Crippen LogP contribution is 2.53. The Morgan fingerprint density at radius 1 is 0.906 bits per heavy atom. The van der Waals surface area contributed by atoms with Crippen LogP contribution in [0, 0.1) is 29.5 Å². The molecule has 0 spiro atoms. The zero-order chi connectivity index (χ0) is 21.7. The van der Waals surface area contributed by atoms with E-state index in [4.69, 9.17) is 16.3 Å². The van der Waals surface area contributed by atoms with E-state index >= 15 is 0 Å². The van der Waals surface area contributed by atoms with Crippen LogP contribution in [-0.4, -0.2) is 6.04 Å². The van der Waals surface area contributed by atoms with Crippen LogP contribution < -0.4 is 10.1 Å². The van der Waals surface area contributed by atoms with Gasteiger partial charge in [0.1, 0.15) is 18.2 Å². The Labute approximate surface area is 194 Å². The van der Waals surface area contributed by atoms with Gasteiger partial charge in [-0.15, -0.1) is 0 Å². The molecule has 4 bridgehead atoms. The first-order valence-corrected chi connectivity index (χ1v) is 12.3. The Bertz CT molecular complexity index is 1120. The molecule has 0 saturated heterocycles. The number of fused-ring (bicyclic) bond motifs is 1. The number of benzene rings is 3. The topological polar surface area (TPSA) is 21.3 Å². The summed E-state index contributed by atoms with van der Waals surface area (Å²) in [5.41, 5.74) is 2.00. The van der Waals surface area contributed by atoms with Crippen molar-refractivity contribution in [2.24, 2.45) is 23.7 Å². The number of rotatable bonds is 6. The van der Waals surface area contributed by atoms with Gasteiger partial charge >= 0.3 is 0 Å². The smallest absolute Gasteiger partial charge is 0.124 e. The first-order valence-electron chi connectivity index (χ1n) is 11.9. The van der Waals surface area contributed by atoms with Gasteiger partial charge in [-0.2, -0.15) is 0 Å². The van der Waals surface area contributed by atoms with E-state index < -0.39 is 0 Å². The number of ether oxygens (including phenoxy) is 1. The van der Waals surface area contributed by atoms with Gasteiger partial charge in [-0.25, -0.2) is 4.39 Å². The molecular formula is C28H29ClFNO. The highest BCUT2D eigenvalue weighted by atomic mass is 35.5. The van der Waals surface area contributed by atoms with Crippen molar-refractivity contribution < 1.29 is 9.13 Å². The number of hydrogen-bond acceptors (Lipinski definition) is 2. The van der Waals surface area contributed by atoms with Gasteiger partial charge in [0.05, 0.1) is 5.02 Å². The van der Waals surface area contributed by atoms with Crippen LogP contribution in [0.15, 0.2) is 54.6 Å². The largest absolute Gasteiger partial charge is 0.488 e. The van der Waals surface area contributed by atoms with Crippen LogP contribution in [0.4, 0.5) is 4.39 Å². The van der Waals surface area contributed by atoms with Crippen molar-refractivity contribution in [2.75, 3.05) is 0 Å². The molecule has 4 heteroatoms. The maximum atomic E-state index is 13.4. The molecule has 0 amide bonds. The lowest BCUT2D eigenvalue weighted by Crippen LogP contribution is -2.54. The second-order valence-corrected chi connectivity index (χ2v) is 10.5. The van der Waals surface area contributed by atoms with Crippen LogP contribution >= 0.6 is 11.6 Å². The van der Waals surface area contributed by atoms with Crippen LogP contribution in [0.1, 0.15) is 43.2 Å². The first-order chi connectivity index (χ1) is 15.6. The second kappa shape index (κ2) is 8.35. The molecular weight excluding hydrogens is 421 g/mol. The van der Waals surface area contributed by atoms with E-state index in [9.17, 15) is 4.39 Å². The Balaban J connectivity index is 1.25. The van der Waals surface area contributed by atoms with Gasteiger partial charge < -0.3 is 10.1 Å². The fourth-order valence-electron chi connectivity index (χ4n) is 6.91. The molecule has 3 aromatic carbocycles. The molecule has 0 aromatic heterocycles. The van der Waals surface area contributed by atoms with Crippen LogP contribution in [0.5, 0.6) is 5.75 Å². The minimum absolute atomic E-state index is 0.322. The molecule has 0 atom stereocenters. The van der Waals surface area contributed by atoms with Gasteiger partial charge in [0, 0.05) is 23.7 Å². The molecule has 166 valence electrons. The summed E-state index contributed by atoms with van der Waals surface area (Å²) in [7, 11) is 0. The number of hydrogen-bond donors (Lipinski definition) is 1. The number of nitrogens with one attached hydrogen (secondary N) is 1. The summed E-state index contributed by atoms with van der Waals surface area (Å²) in [6.07, 6.45) is 7.12. The lowest BCUT2D eigenvalue weighted by Gasteiger charge is -2.54. The quantitative estimate of drug-likeness (QED) is 0.432. The van der Waals surface area contributed by atoms with Crippen molar-refractivity contribution in [3.63, 3.8) is 0 Å². The summed E-state index contributed by atoms with van der Waals surface area (Å²) >= 11 is 6.23. The Morgan fingerprint density at radius 3 is 2.41 bits per heavy atom. The maximum Gasteiger partial charge on any atom is 0.124 e. The molecule has 7 rings (SSSR count).